The smallest absolute Gasteiger partial charge is 0.226 e. The number of aromatic nitrogens is 2. The van der Waals surface area contributed by atoms with Gasteiger partial charge >= 0.3 is 0 Å². The summed E-state index contributed by atoms with van der Waals surface area (Å²) in [6, 6.07) is 3.97. The summed E-state index contributed by atoms with van der Waals surface area (Å²) in [4.78, 5) is 10.8. The summed E-state index contributed by atoms with van der Waals surface area (Å²) in [6.45, 7) is 5.76. The molecule has 2 atom stereocenters. The quantitative estimate of drug-likeness (QED) is 0.847. The average molecular weight is 245 g/mol. The SMILES string of the molecule is Cc1cc(C#N)nc(N2CCCC(C(C)N)C2)n1. The first-order chi connectivity index (χ1) is 8.60. The van der Waals surface area contributed by atoms with E-state index in [9.17, 15) is 0 Å². The van der Waals surface area contributed by atoms with Crippen LogP contribution in [0.15, 0.2) is 6.07 Å². The number of nitriles is 1. The normalized spacial score (nSPS) is 21.4. The van der Waals surface area contributed by atoms with Gasteiger partial charge in [-0.15, -0.1) is 0 Å². The second kappa shape index (κ2) is 5.32. The standard InChI is InChI=1S/C13H19N5/c1-9-6-12(7-14)17-13(16-9)18-5-3-4-11(8-18)10(2)15/h6,10-11H,3-5,8,15H2,1-2H3. The lowest BCUT2D eigenvalue weighted by Gasteiger charge is -2.34. The third-order valence-corrected chi connectivity index (χ3v) is 3.44. The zero-order valence-corrected chi connectivity index (χ0v) is 10.9. The molecule has 18 heavy (non-hydrogen) atoms. The number of anilines is 1. The van der Waals surface area contributed by atoms with Crippen LogP contribution >= 0.6 is 0 Å². The molecular formula is C13H19N5. The van der Waals surface area contributed by atoms with Crippen LogP contribution < -0.4 is 10.6 Å². The second-order valence-electron chi connectivity index (χ2n) is 5.01. The van der Waals surface area contributed by atoms with Gasteiger partial charge in [-0.3, -0.25) is 0 Å². The Morgan fingerprint density at radius 1 is 1.56 bits per heavy atom. The highest BCUT2D eigenvalue weighted by Gasteiger charge is 2.24. The minimum atomic E-state index is 0.188. The first-order valence-corrected chi connectivity index (χ1v) is 6.36. The molecule has 0 radical (unpaired) electrons. The van der Waals surface area contributed by atoms with E-state index in [2.05, 4.69) is 20.9 Å². The highest BCUT2D eigenvalue weighted by Crippen LogP contribution is 2.22. The van der Waals surface area contributed by atoms with Crippen LogP contribution in [0.5, 0.6) is 0 Å². The summed E-state index contributed by atoms with van der Waals surface area (Å²) >= 11 is 0. The summed E-state index contributed by atoms with van der Waals surface area (Å²) in [5, 5.41) is 8.95. The van der Waals surface area contributed by atoms with Gasteiger partial charge in [0, 0.05) is 24.8 Å². The number of aryl methyl sites for hydroxylation is 1. The van der Waals surface area contributed by atoms with Gasteiger partial charge in [-0.25, -0.2) is 9.97 Å². The number of piperidine rings is 1. The molecule has 0 aromatic carbocycles. The van der Waals surface area contributed by atoms with Gasteiger partial charge < -0.3 is 10.6 Å². The van der Waals surface area contributed by atoms with Crippen LogP contribution in [0.3, 0.4) is 0 Å². The molecule has 0 aliphatic carbocycles. The zero-order valence-electron chi connectivity index (χ0n) is 10.9. The molecule has 1 aromatic heterocycles. The van der Waals surface area contributed by atoms with Gasteiger partial charge in [0.15, 0.2) is 0 Å². The number of hydrogen-bond acceptors (Lipinski definition) is 5. The fourth-order valence-electron chi connectivity index (χ4n) is 2.37. The Morgan fingerprint density at radius 2 is 2.33 bits per heavy atom. The molecule has 0 spiro atoms. The van der Waals surface area contributed by atoms with Gasteiger partial charge in [0.25, 0.3) is 0 Å². The predicted molar refractivity (Wildman–Crippen MR) is 70.1 cm³/mol. The molecule has 1 aromatic rings. The van der Waals surface area contributed by atoms with E-state index >= 15 is 0 Å². The molecule has 1 aliphatic rings. The first kappa shape index (κ1) is 12.8. The Kier molecular flexibility index (Phi) is 3.78. The lowest BCUT2D eigenvalue weighted by molar-refractivity contribution is 0.361. The molecule has 2 rings (SSSR count). The molecular weight excluding hydrogens is 226 g/mol. The number of nitrogens with two attached hydrogens (primary N) is 1. The average Bonchev–Trinajstić information content (AvgIpc) is 2.38. The first-order valence-electron chi connectivity index (χ1n) is 6.36. The molecule has 1 saturated heterocycles. The zero-order chi connectivity index (χ0) is 13.1. The Morgan fingerprint density at radius 3 is 3.00 bits per heavy atom. The summed E-state index contributed by atoms with van der Waals surface area (Å²) in [6.07, 6.45) is 2.26. The van der Waals surface area contributed by atoms with Crippen molar-refractivity contribution in [3.63, 3.8) is 0 Å². The Bertz CT molecular complexity index is 463. The van der Waals surface area contributed by atoms with Crippen molar-refractivity contribution < 1.29 is 0 Å². The van der Waals surface area contributed by atoms with Crippen LogP contribution in [0.25, 0.3) is 0 Å². The molecule has 1 aliphatic heterocycles. The van der Waals surface area contributed by atoms with Crippen molar-refractivity contribution in [3.8, 4) is 6.07 Å². The number of nitrogens with zero attached hydrogens (tertiary/aromatic N) is 4. The van der Waals surface area contributed by atoms with Crippen molar-refractivity contribution in [2.75, 3.05) is 18.0 Å². The Labute approximate surface area is 108 Å². The topological polar surface area (TPSA) is 78.8 Å². The van der Waals surface area contributed by atoms with E-state index in [1.807, 2.05) is 13.8 Å². The maximum atomic E-state index is 8.95. The van der Waals surface area contributed by atoms with E-state index in [-0.39, 0.29) is 6.04 Å². The molecule has 2 N–H and O–H groups in total. The molecule has 96 valence electrons. The lowest BCUT2D eigenvalue weighted by Crippen LogP contribution is -2.43. The largest absolute Gasteiger partial charge is 0.340 e. The van der Waals surface area contributed by atoms with Crippen molar-refractivity contribution in [1.82, 2.24) is 9.97 Å². The van der Waals surface area contributed by atoms with Crippen molar-refractivity contribution in [3.05, 3.63) is 17.5 Å². The Hall–Kier alpha value is -1.67. The van der Waals surface area contributed by atoms with Gasteiger partial charge in [-0.05, 0) is 38.7 Å². The predicted octanol–water partition coefficient (Wildman–Crippen LogP) is 1.22. The van der Waals surface area contributed by atoms with Crippen LogP contribution in [0, 0.1) is 24.2 Å². The molecule has 0 bridgehead atoms. The van der Waals surface area contributed by atoms with Gasteiger partial charge in [0.2, 0.25) is 5.95 Å². The minimum absolute atomic E-state index is 0.188. The maximum absolute atomic E-state index is 8.95. The summed E-state index contributed by atoms with van der Waals surface area (Å²) in [5.41, 5.74) is 7.24. The molecule has 2 unspecified atom stereocenters. The summed E-state index contributed by atoms with van der Waals surface area (Å²) < 4.78 is 0. The number of hydrogen-bond donors (Lipinski definition) is 1. The van der Waals surface area contributed by atoms with Crippen LogP contribution in [-0.4, -0.2) is 29.1 Å². The van der Waals surface area contributed by atoms with Crippen LogP contribution in [0.2, 0.25) is 0 Å². The highest BCUT2D eigenvalue weighted by atomic mass is 15.3. The fourth-order valence-corrected chi connectivity index (χ4v) is 2.37. The van der Waals surface area contributed by atoms with Gasteiger partial charge in [0.1, 0.15) is 11.8 Å². The van der Waals surface area contributed by atoms with Gasteiger partial charge in [0.05, 0.1) is 0 Å². The molecule has 1 fully saturated rings. The second-order valence-corrected chi connectivity index (χ2v) is 5.01. The van der Waals surface area contributed by atoms with Crippen molar-refractivity contribution >= 4 is 5.95 Å². The van der Waals surface area contributed by atoms with Crippen LogP contribution in [0.1, 0.15) is 31.2 Å². The van der Waals surface area contributed by atoms with Gasteiger partial charge in [-0.2, -0.15) is 5.26 Å². The Balaban J connectivity index is 2.21. The van der Waals surface area contributed by atoms with E-state index < -0.39 is 0 Å². The van der Waals surface area contributed by atoms with Gasteiger partial charge in [-0.1, -0.05) is 0 Å². The van der Waals surface area contributed by atoms with Crippen LogP contribution in [0.4, 0.5) is 5.95 Å². The summed E-state index contributed by atoms with van der Waals surface area (Å²) in [7, 11) is 0. The van der Waals surface area contributed by atoms with E-state index in [0.29, 0.717) is 17.6 Å². The highest BCUT2D eigenvalue weighted by molar-refractivity contribution is 5.36. The summed E-state index contributed by atoms with van der Waals surface area (Å²) in [5.74, 6) is 1.14. The molecule has 5 nitrogen and oxygen atoms in total. The van der Waals surface area contributed by atoms with Crippen molar-refractivity contribution in [2.45, 2.75) is 32.7 Å². The monoisotopic (exact) mass is 245 g/mol. The number of rotatable bonds is 2. The minimum Gasteiger partial charge on any atom is -0.340 e. The lowest BCUT2D eigenvalue weighted by atomic mass is 9.92. The molecule has 0 amide bonds. The van der Waals surface area contributed by atoms with Crippen LogP contribution in [-0.2, 0) is 0 Å². The van der Waals surface area contributed by atoms with Crippen molar-refractivity contribution in [2.24, 2.45) is 11.7 Å². The molecule has 0 saturated carbocycles. The maximum Gasteiger partial charge on any atom is 0.226 e. The van der Waals surface area contributed by atoms with E-state index in [1.165, 1.54) is 0 Å². The third-order valence-electron chi connectivity index (χ3n) is 3.44. The van der Waals surface area contributed by atoms with E-state index in [1.54, 1.807) is 6.07 Å². The fraction of sp³-hybridized carbons (Fsp3) is 0.615. The third kappa shape index (κ3) is 2.77. The molecule has 2 heterocycles. The van der Waals surface area contributed by atoms with E-state index in [4.69, 9.17) is 11.0 Å². The van der Waals surface area contributed by atoms with Crippen molar-refractivity contribution in [1.29, 1.82) is 5.26 Å². The molecule has 5 heteroatoms. The van der Waals surface area contributed by atoms with E-state index in [0.717, 1.165) is 31.6 Å².